The third kappa shape index (κ3) is 5.62. The Labute approximate surface area is 81.5 Å². The summed E-state index contributed by atoms with van der Waals surface area (Å²) in [5.41, 5.74) is 5.66. The fourth-order valence-electron chi connectivity index (χ4n) is 1.29. The first kappa shape index (κ1) is 12.4. The van der Waals surface area contributed by atoms with Gasteiger partial charge in [-0.2, -0.15) is 5.26 Å². The van der Waals surface area contributed by atoms with E-state index in [9.17, 15) is 0 Å². The van der Waals surface area contributed by atoms with Crippen molar-refractivity contribution < 1.29 is 0 Å². The van der Waals surface area contributed by atoms with Crippen LogP contribution in [-0.2, 0) is 0 Å². The van der Waals surface area contributed by atoms with Crippen LogP contribution in [0.25, 0.3) is 0 Å². The Hall–Kier alpha value is -0.590. The van der Waals surface area contributed by atoms with Crippen LogP contribution in [0.2, 0.25) is 0 Å². The third-order valence-corrected chi connectivity index (χ3v) is 2.40. The number of hydrogen-bond acceptors (Lipinski definition) is 3. The van der Waals surface area contributed by atoms with Crippen molar-refractivity contribution in [1.82, 2.24) is 4.90 Å². The van der Waals surface area contributed by atoms with Gasteiger partial charge in [-0.05, 0) is 25.4 Å². The molecule has 0 aliphatic carbocycles. The molecule has 0 aromatic carbocycles. The van der Waals surface area contributed by atoms with Crippen LogP contribution in [0.4, 0.5) is 0 Å². The Morgan fingerprint density at radius 1 is 1.46 bits per heavy atom. The smallest absolute Gasteiger partial charge is 0.0635 e. The maximum absolute atomic E-state index is 8.41. The summed E-state index contributed by atoms with van der Waals surface area (Å²) in [5.74, 6) is 1.17. The monoisotopic (exact) mass is 183 g/mol. The minimum Gasteiger partial charge on any atom is -0.330 e. The fourth-order valence-corrected chi connectivity index (χ4v) is 1.29. The summed E-state index contributed by atoms with van der Waals surface area (Å²) in [6.45, 7) is 6.95. The van der Waals surface area contributed by atoms with Gasteiger partial charge in [-0.25, -0.2) is 0 Å². The SMILES string of the molecule is CC(C)C(CN)CN(C)CCC#N. The molecule has 0 aliphatic heterocycles. The molecule has 76 valence electrons. The first-order valence-corrected chi connectivity index (χ1v) is 4.87. The first-order valence-electron chi connectivity index (χ1n) is 4.87. The van der Waals surface area contributed by atoms with Gasteiger partial charge in [0.15, 0.2) is 0 Å². The minimum absolute atomic E-state index is 0.545. The number of hydrogen-bond donors (Lipinski definition) is 1. The molecule has 0 aliphatic rings. The van der Waals surface area contributed by atoms with Gasteiger partial charge in [0, 0.05) is 19.5 Å². The summed E-state index contributed by atoms with van der Waals surface area (Å²) in [7, 11) is 2.04. The van der Waals surface area contributed by atoms with E-state index in [-0.39, 0.29) is 0 Å². The van der Waals surface area contributed by atoms with Crippen molar-refractivity contribution >= 4 is 0 Å². The minimum atomic E-state index is 0.545. The van der Waals surface area contributed by atoms with Gasteiger partial charge in [-0.3, -0.25) is 0 Å². The zero-order valence-corrected chi connectivity index (χ0v) is 8.95. The van der Waals surface area contributed by atoms with Gasteiger partial charge in [0.05, 0.1) is 6.07 Å². The normalized spacial score (nSPS) is 13.3. The van der Waals surface area contributed by atoms with Crippen LogP contribution in [0.15, 0.2) is 0 Å². The number of nitriles is 1. The second-order valence-electron chi connectivity index (χ2n) is 3.91. The number of rotatable bonds is 6. The van der Waals surface area contributed by atoms with E-state index in [2.05, 4.69) is 24.8 Å². The standard InChI is InChI=1S/C10H21N3/c1-9(2)10(7-12)8-13(3)6-4-5-11/h9-10H,4,6-8,12H2,1-3H3. The second-order valence-corrected chi connectivity index (χ2v) is 3.91. The van der Waals surface area contributed by atoms with Gasteiger partial charge in [0.2, 0.25) is 0 Å². The molecule has 0 saturated heterocycles. The molecule has 3 nitrogen and oxygen atoms in total. The van der Waals surface area contributed by atoms with Crippen molar-refractivity contribution in [3.8, 4) is 6.07 Å². The summed E-state index contributed by atoms with van der Waals surface area (Å²) >= 11 is 0. The van der Waals surface area contributed by atoms with E-state index >= 15 is 0 Å². The Kier molecular flexibility index (Phi) is 6.56. The molecule has 3 heteroatoms. The average molecular weight is 183 g/mol. The highest BCUT2D eigenvalue weighted by molar-refractivity contribution is 4.73. The van der Waals surface area contributed by atoms with Gasteiger partial charge in [-0.1, -0.05) is 13.8 Å². The lowest BCUT2D eigenvalue weighted by Crippen LogP contribution is -2.33. The molecule has 13 heavy (non-hydrogen) atoms. The van der Waals surface area contributed by atoms with Crippen LogP contribution in [0.1, 0.15) is 20.3 Å². The zero-order chi connectivity index (χ0) is 10.3. The quantitative estimate of drug-likeness (QED) is 0.670. The van der Waals surface area contributed by atoms with Crippen LogP contribution >= 0.6 is 0 Å². The molecule has 0 fully saturated rings. The Morgan fingerprint density at radius 2 is 2.08 bits per heavy atom. The van der Waals surface area contributed by atoms with Crippen LogP contribution < -0.4 is 5.73 Å². The van der Waals surface area contributed by atoms with E-state index in [0.717, 1.165) is 19.6 Å². The van der Waals surface area contributed by atoms with Crippen LogP contribution in [-0.4, -0.2) is 31.6 Å². The molecule has 0 bridgehead atoms. The second kappa shape index (κ2) is 6.88. The van der Waals surface area contributed by atoms with Crippen molar-refractivity contribution in [2.24, 2.45) is 17.6 Å². The molecule has 0 radical (unpaired) electrons. The molecule has 0 heterocycles. The summed E-state index contributed by atoms with van der Waals surface area (Å²) < 4.78 is 0. The fraction of sp³-hybridized carbons (Fsp3) is 0.900. The zero-order valence-electron chi connectivity index (χ0n) is 8.95. The summed E-state index contributed by atoms with van der Waals surface area (Å²) in [5, 5.41) is 8.41. The van der Waals surface area contributed by atoms with E-state index in [1.807, 2.05) is 7.05 Å². The van der Waals surface area contributed by atoms with Crippen molar-refractivity contribution in [2.75, 3.05) is 26.7 Å². The summed E-state index contributed by atoms with van der Waals surface area (Å²) in [4.78, 5) is 2.18. The van der Waals surface area contributed by atoms with E-state index in [0.29, 0.717) is 18.3 Å². The molecular formula is C10H21N3. The predicted octanol–water partition coefficient (Wildman–Crippen LogP) is 1.06. The van der Waals surface area contributed by atoms with Crippen molar-refractivity contribution in [2.45, 2.75) is 20.3 Å². The number of nitrogens with two attached hydrogens (primary N) is 1. The number of nitrogens with zero attached hydrogens (tertiary/aromatic N) is 2. The lowest BCUT2D eigenvalue weighted by atomic mass is 9.95. The van der Waals surface area contributed by atoms with Gasteiger partial charge < -0.3 is 10.6 Å². The highest BCUT2D eigenvalue weighted by Crippen LogP contribution is 2.10. The van der Waals surface area contributed by atoms with E-state index in [1.165, 1.54) is 0 Å². The van der Waals surface area contributed by atoms with E-state index in [4.69, 9.17) is 11.0 Å². The van der Waals surface area contributed by atoms with Gasteiger partial charge in [0.1, 0.15) is 0 Å². The molecule has 0 amide bonds. The first-order chi connectivity index (χ1) is 6.11. The highest BCUT2D eigenvalue weighted by atomic mass is 15.1. The van der Waals surface area contributed by atoms with E-state index < -0.39 is 0 Å². The highest BCUT2D eigenvalue weighted by Gasteiger charge is 2.13. The summed E-state index contributed by atoms with van der Waals surface area (Å²) in [6, 6.07) is 2.15. The molecule has 0 saturated carbocycles. The lowest BCUT2D eigenvalue weighted by molar-refractivity contribution is 0.244. The molecule has 0 aromatic heterocycles. The Balaban J connectivity index is 3.74. The molecular weight excluding hydrogens is 162 g/mol. The predicted molar refractivity (Wildman–Crippen MR) is 55.1 cm³/mol. The maximum Gasteiger partial charge on any atom is 0.0635 e. The molecule has 0 spiro atoms. The third-order valence-electron chi connectivity index (χ3n) is 2.40. The molecule has 0 rings (SSSR count). The van der Waals surface area contributed by atoms with Gasteiger partial charge >= 0.3 is 0 Å². The largest absolute Gasteiger partial charge is 0.330 e. The van der Waals surface area contributed by atoms with Gasteiger partial charge in [0.25, 0.3) is 0 Å². The lowest BCUT2D eigenvalue weighted by Gasteiger charge is -2.24. The average Bonchev–Trinajstić information content (AvgIpc) is 2.10. The topological polar surface area (TPSA) is 53.0 Å². The van der Waals surface area contributed by atoms with E-state index in [1.54, 1.807) is 0 Å². The van der Waals surface area contributed by atoms with Gasteiger partial charge in [-0.15, -0.1) is 0 Å². The van der Waals surface area contributed by atoms with Crippen LogP contribution in [0.3, 0.4) is 0 Å². The maximum atomic E-state index is 8.41. The molecule has 2 N–H and O–H groups in total. The van der Waals surface area contributed by atoms with Crippen LogP contribution in [0, 0.1) is 23.2 Å². The Morgan fingerprint density at radius 3 is 2.46 bits per heavy atom. The summed E-state index contributed by atoms with van der Waals surface area (Å²) in [6.07, 6.45) is 0.603. The Bertz CT molecular complexity index is 160. The van der Waals surface area contributed by atoms with Crippen LogP contribution in [0.5, 0.6) is 0 Å². The molecule has 1 unspecified atom stereocenters. The van der Waals surface area contributed by atoms with Crippen molar-refractivity contribution in [1.29, 1.82) is 5.26 Å². The van der Waals surface area contributed by atoms with Crippen molar-refractivity contribution in [3.05, 3.63) is 0 Å². The van der Waals surface area contributed by atoms with Crippen molar-refractivity contribution in [3.63, 3.8) is 0 Å². The molecule has 0 aromatic rings. The molecule has 1 atom stereocenters.